The van der Waals surface area contributed by atoms with E-state index in [0.29, 0.717) is 0 Å². The van der Waals surface area contributed by atoms with Gasteiger partial charge in [-0.15, -0.1) is 24.8 Å². The number of nitrogens with two attached hydrogens (primary N) is 1. The van der Waals surface area contributed by atoms with Gasteiger partial charge in [0.1, 0.15) is 0 Å². The molecule has 4 nitrogen and oxygen atoms in total. The Morgan fingerprint density at radius 1 is 1.00 bits per heavy atom. The summed E-state index contributed by atoms with van der Waals surface area (Å²) in [6.45, 7) is 5.84. The normalized spacial score (nSPS) is 21.2. The molecule has 1 aliphatic carbocycles. The highest BCUT2D eigenvalue weighted by Crippen LogP contribution is 2.25. The van der Waals surface area contributed by atoms with Crippen molar-refractivity contribution in [2.45, 2.75) is 51.1 Å². The van der Waals surface area contributed by atoms with Crippen molar-refractivity contribution in [1.82, 2.24) is 9.80 Å². The quantitative estimate of drug-likeness (QED) is 0.837. The van der Waals surface area contributed by atoms with Gasteiger partial charge >= 0.3 is 0 Å². The minimum atomic E-state index is -0.229. The van der Waals surface area contributed by atoms with E-state index in [1.165, 1.54) is 25.7 Å². The molecule has 3 rings (SSSR count). The molecule has 2 N–H and O–H groups in total. The summed E-state index contributed by atoms with van der Waals surface area (Å²) < 4.78 is 0. The van der Waals surface area contributed by atoms with Crippen molar-refractivity contribution in [2.24, 2.45) is 11.7 Å². The lowest BCUT2D eigenvalue weighted by Crippen LogP contribution is -2.42. The van der Waals surface area contributed by atoms with Crippen LogP contribution in [0.2, 0.25) is 0 Å². The summed E-state index contributed by atoms with van der Waals surface area (Å²) in [6, 6.07) is 10.5. The fourth-order valence-electron chi connectivity index (χ4n) is 4.20. The van der Waals surface area contributed by atoms with Crippen LogP contribution < -0.4 is 5.73 Å². The van der Waals surface area contributed by atoms with Gasteiger partial charge in [0.25, 0.3) is 0 Å². The van der Waals surface area contributed by atoms with E-state index in [-0.39, 0.29) is 42.7 Å². The van der Waals surface area contributed by atoms with Crippen LogP contribution in [0.5, 0.6) is 0 Å². The maximum Gasteiger partial charge on any atom is 0.227 e. The number of nitrogens with zero attached hydrogens (tertiary/aromatic N) is 2. The van der Waals surface area contributed by atoms with Crippen molar-refractivity contribution >= 4 is 30.7 Å². The molecule has 0 spiro atoms. The summed E-state index contributed by atoms with van der Waals surface area (Å²) >= 11 is 0. The van der Waals surface area contributed by atoms with Crippen LogP contribution in [-0.2, 0) is 4.79 Å². The molecule has 0 aromatic heterocycles. The Kier molecular flexibility index (Phi) is 9.94. The van der Waals surface area contributed by atoms with Crippen molar-refractivity contribution < 1.29 is 4.79 Å². The molecular weight excluding hydrogens is 369 g/mol. The summed E-state index contributed by atoms with van der Waals surface area (Å²) in [5, 5.41) is 0. The Labute approximate surface area is 170 Å². The molecule has 1 heterocycles. The minimum absolute atomic E-state index is 0. The topological polar surface area (TPSA) is 49.6 Å². The van der Waals surface area contributed by atoms with E-state index in [1.54, 1.807) is 0 Å². The van der Waals surface area contributed by atoms with E-state index in [1.807, 2.05) is 42.2 Å². The lowest BCUT2D eigenvalue weighted by Gasteiger charge is -2.29. The molecule has 148 valence electrons. The van der Waals surface area contributed by atoms with E-state index >= 15 is 0 Å². The van der Waals surface area contributed by atoms with Gasteiger partial charge in [0.15, 0.2) is 0 Å². The zero-order valence-electron chi connectivity index (χ0n) is 15.7. The fraction of sp³-hybridized carbons (Fsp3) is 0.650. The average Bonchev–Trinajstić information content (AvgIpc) is 3.05. The predicted octanol–water partition coefficient (Wildman–Crippen LogP) is 3.64. The third-order valence-electron chi connectivity index (χ3n) is 5.80. The monoisotopic (exact) mass is 401 g/mol. The average molecular weight is 402 g/mol. The number of carbonyl (C=O) groups excluding carboxylic acids is 1. The highest BCUT2D eigenvalue weighted by molar-refractivity contribution is 5.85. The number of carbonyl (C=O) groups is 1. The van der Waals surface area contributed by atoms with Crippen molar-refractivity contribution in [1.29, 1.82) is 0 Å². The molecule has 6 heteroatoms. The third kappa shape index (κ3) is 5.59. The van der Waals surface area contributed by atoms with Crippen LogP contribution in [0, 0.1) is 5.92 Å². The third-order valence-corrected chi connectivity index (χ3v) is 5.80. The summed E-state index contributed by atoms with van der Waals surface area (Å²) in [4.78, 5) is 17.6. The zero-order chi connectivity index (χ0) is 16.9. The number of halogens is 2. The van der Waals surface area contributed by atoms with Crippen LogP contribution in [0.25, 0.3) is 0 Å². The molecule has 2 fully saturated rings. The zero-order valence-corrected chi connectivity index (χ0v) is 17.3. The maximum atomic E-state index is 12.9. The molecule has 2 unspecified atom stereocenters. The minimum Gasteiger partial charge on any atom is -0.341 e. The van der Waals surface area contributed by atoms with E-state index < -0.39 is 0 Å². The maximum absolute atomic E-state index is 12.9. The van der Waals surface area contributed by atoms with Gasteiger partial charge in [-0.1, -0.05) is 50.1 Å². The molecule has 26 heavy (non-hydrogen) atoms. The van der Waals surface area contributed by atoms with E-state index in [9.17, 15) is 4.79 Å². The van der Waals surface area contributed by atoms with Gasteiger partial charge in [-0.2, -0.15) is 0 Å². The molecular formula is C20H33Cl2N3O. The second kappa shape index (κ2) is 11.1. The van der Waals surface area contributed by atoms with Gasteiger partial charge in [-0.25, -0.2) is 0 Å². The molecule has 0 bridgehead atoms. The first-order valence-electron chi connectivity index (χ1n) is 9.50. The van der Waals surface area contributed by atoms with E-state index in [2.05, 4.69) is 4.90 Å². The van der Waals surface area contributed by atoms with Crippen LogP contribution in [0.4, 0.5) is 0 Å². The second-order valence-electron chi connectivity index (χ2n) is 7.38. The Morgan fingerprint density at radius 2 is 1.65 bits per heavy atom. The van der Waals surface area contributed by atoms with Gasteiger partial charge in [0.05, 0.1) is 5.92 Å². The van der Waals surface area contributed by atoms with Crippen molar-refractivity contribution in [3.8, 4) is 0 Å². The van der Waals surface area contributed by atoms with Gasteiger partial charge in [-0.05, 0) is 24.8 Å². The smallest absolute Gasteiger partial charge is 0.227 e. The van der Waals surface area contributed by atoms with Crippen LogP contribution in [0.3, 0.4) is 0 Å². The number of rotatable bonds is 4. The summed E-state index contributed by atoms with van der Waals surface area (Å²) in [5.41, 5.74) is 7.40. The standard InChI is InChI=1S/C20H31N3O.2ClH/c1-16(19(21)17-8-3-2-4-9-17)20(24)23-13-7-12-22(14-15-23)18-10-5-6-11-18;;/h2-4,8-9,16,18-19H,5-7,10-15,21H2,1H3;2*1H. The van der Waals surface area contributed by atoms with Gasteiger partial charge in [-0.3, -0.25) is 9.69 Å². The summed E-state index contributed by atoms with van der Waals surface area (Å²) in [7, 11) is 0. The fourth-order valence-corrected chi connectivity index (χ4v) is 4.20. The molecule has 2 atom stereocenters. The predicted molar refractivity (Wildman–Crippen MR) is 112 cm³/mol. The van der Waals surface area contributed by atoms with Gasteiger partial charge in [0.2, 0.25) is 5.91 Å². The Morgan fingerprint density at radius 3 is 2.31 bits per heavy atom. The van der Waals surface area contributed by atoms with Crippen LogP contribution in [-0.4, -0.2) is 47.9 Å². The molecule has 1 aliphatic heterocycles. The first kappa shape index (κ1) is 23.2. The number of hydrogen-bond acceptors (Lipinski definition) is 3. The van der Waals surface area contributed by atoms with E-state index in [4.69, 9.17) is 5.73 Å². The molecule has 0 radical (unpaired) electrons. The summed E-state index contributed by atoms with van der Waals surface area (Å²) in [6.07, 6.45) is 6.49. The SMILES string of the molecule is CC(C(=O)N1CCCN(C2CCCC2)CC1)C(N)c1ccccc1.Cl.Cl. The largest absolute Gasteiger partial charge is 0.341 e. The van der Waals surface area contributed by atoms with Crippen LogP contribution in [0.1, 0.15) is 50.6 Å². The Hall–Kier alpha value is -0.810. The van der Waals surface area contributed by atoms with Crippen molar-refractivity contribution in [2.75, 3.05) is 26.2 Å². The van der Waals surface area contributed by atoms with Crippen LogP contribution >= 0.6 is 24.8 Å². The molecule has 1 aromatic rings. The Bertz CT molecular complexity index is 537. The van der Waals surface area contributed by atoms with Gasteiger partial charge in [0, 0.05) is 38.3 Å². The first-order chi connectivity index (χ1) is 11.7. The van der Waals surface area contributed by atoms with Crippen molar-refractivity contribution in [3.63, 3.8) is 0 Å². The Balaban J connectivity index is 0.00000169. The molecule has 2 aliphatic rings. The molecule has 1 saturated heterocycles. The van der Waals surface area contributed by atoms with Gasteiger partial charge < -0.3 is 10.6 Å². The van der Waals surface area contributed by atoms with Crippen LogP contribution in [0.15, 0.2) is 30.3 Å². The first-order valence-corrected chi connectivity index (χ1v) is 9.50. The summed E-state index contributed by atoms with van der Waals surface area (Å²) in [5.74, 6) is 0.0325. The number of hydrogen-bond donors (Lipinski definition) is 1. The number of benzene rings is 1. The highest BCUT2D eigenvalue weighted by Gasteiger charge is 2.30. The lowest BCUT2D eigenvalue weighted by molar-refractivity contribution is -0.135. The molecule has 1 amide bonds. The van der Waals surface area contributed by atoms with Crippen molar-refractivity contribution in [3.05, 3.63) is 35.9 Å². The highest BCUT2D eigenvalue weighted by atomic mass is 35.5. The lowest BCUT2D eigenvalue weighted by atomic mass is 9.94. The molecule has 1 aromatic carbocycles. The van der Waals surface area contributed by atoms with E-state index in [0.717, 1.165) is 44.2 Å². The second-order valence-corrected chi connectivity index (χ2v) is 7.38. The molecule has 1 saturated carbocycles. The number of amides is 1.